The number of nitrogens with zero attached hydrogens (tertiary/aromatic N) is 1. The Kier molecular flexibility index (Phi) is 5.00. The topological polar surface area (TPSA) is 76.7 Å². The Morgan fingerprint density at radius 3 is 2.94 bits per heavy atom. The number of hydrogen-bond donors (Lipinski definition) is 2. The van der Waals surface area contributed by atoms with Crippen molar-refractivity contribution in [2.45, 2.75) is 26.4 Å². The van der Waals surface area contributed by atoms with Crippen LogP contribution in [0.5, 0.6) is 5.75 Å². The molecule has 17 heavy (non-hydrogen) atoms. The second-order valence-electron chi connectivity index (χ2n) is 3.61. The summed E-state index contributed by atoms with van der Waals surface area (Å²) in [5.41, 5.74) is 7.84. The molecule has 0 spiro atoms. The average Bonchev–Trinajstić information content (AvgIpc) is 2.30. The summed E-state index contributed by atoms with van der Waals surface area (Å²) in [7, 11) is 0. The van der Waals surface area contributed by atoms with Gasteiger partial charge in [-0.1, -0.05) is 19.1 Å². The number of hydrazone groups is 1. The maximum absolute atomic E-state index is 10.5. The Labute approximate surface area is 101 Å². The Hall–Kier alpha value is -2.04. The lowest BCUT2D eigenvalue weighted by molar-refractivity contribution is 0.217. The summed E-state index contributed by atoms with van der Waals surface area (Å²) in [4.78, 5) is 10.5. The zero-order valence-electron chi connectivity index (χ0n) is 10.0. The van der Waals surface area contributed by atoms with Crippen LogP contribution >= 0.6 is 0 Å². The van der Waals surface area contributed by atoms with Gasteiger partial charge in [0, 0.05) is 5.56 Å². The third kappa shape index (κ3) is 4.55. The third-order valence-corrected chi connectivity index (χ3v) is 2.20. The predicted octanol–water partition coefficient (Wildman–Crippen LogP) is 1.87. The molecule has 2 amide bonds. The van der Waals surface area contributed by atoms with Crippen molar-refractivity contribution in [3.8, 4) is 5.75 Å². The Balaban J connectivity index is 2.77. The summed E-state index contributed by atoms with van der Waals surface area (Å²) in [5, 5.41) is 3.71. The van der Waals surface area contributed by atoms with Gasteiger partial charge in [0.1, 0.15) is 5.75 Å². The van der Waals surface area contributed by atoms with Gasteiger partial charge in [0.25, 0.3) is 0 Å². The fourth-order valence-corrected chi connectivity index (χ4v) is 1.16. The fourth-order valence-electron chi connectivity index (χ4n) is 1.16. The van der Waals surface area contributed by atoms with Crippen molar-refractivity contribution in [2.24, 2.45) is 10.8 Å². The van der Waals surface area contributed by atoms with Gasteiger partial charge in [0.05, 0.1) is 12.3 Å². The molecule has 0 heterocycles. The van der Waals surface area contributed by atoms with E-state index in [1.807, 2.05) is 31.2 Å². The maximum atomic E-state index is 10.5. The summed E-state index contributed by atoms with van der Waals surface area (Å²) in [5.74, 6) is 0.733. The average molecular weight is 235 g/mol. The molecule has 0 aliphatic carbocycles. The lowest BCUT2D eigenvalue weighted by Crippen LogP contribution is -2.24. The summed E-state index contributed by atoms with van der Waals surface area (Å²) >= 11 is 0. The first-order valence-electron chi connectivity index (χ1n) is 5.47. The first-order chi connectivity index (χ1) is 8.13. The standard InChI is InChI=1S/C12H17N3O2/c1-3-9(2)17-11-7-5-4-6-10(11)8-14-15-12(13)16/h4-9H,3H2,1-2H3,(H3,13,15,16)/b14-8+/t9-/m0/s1. The minimum absolute atomic E-state index is 0.133. The van der Waals surface area contributed by atoms with Gasteiger partial charge in [0.2, 0.25) is 0 Å². The zero-order valence-corrected chi connectivity index (χ0v) is 10.0. The van der Waals surface area contributed by atoms with Crippen LogP contribution in [0.15, 0.2) is 29.4 Å². The number of carbonyl (C=O) groups excluding carboxylic acids is 1. The van der Waals surface area contributed by atoms with Crippen LogP contribution in [0, 0.1) is 0 Å². The molecule has 92 valence electrons. The van der Waals surface area contributed by atoms with E-state index in [2.05, 4.69) is 17.5 Å². The molecule has 1 aromatic carbocycles. The smallest absolute Gasteiger partial charge is 0.332 e. The van der Waals surface area contributed by atoms with Crippen LogP contribution in [-0.4, -0.2) is 18.3 Å². The third-order valence-electron chi connectivity index (χ3n) is 2.20. The minimum Gasteiger partial charge on any atom is -0.490 e. The van der Waals surface area contributed by atoms with Crippen LogP contribution in [0.2, 0.25) is 0 Å². The van der Waals surface area contributed by atoms with E-state index in [4.69, 9.17) is 10.5 Å². The number of hydrogen-bond acceptors (Lipinski definition) is 3. The number of urea groups is 1. The van der Waals surface area contributed by atoms with Crippen molar-refractivity contribution in [3.63, 3.8) is 0 Å². The van der Waals surface area contributed by atoms with Gasteiger partial charge in [-0.3, -0.25) is 0 Å². The van der Waals surface area contributed by atoms with Gasteiger partial charge in [-0.15, -0.1) is 0 Å². The molecule has 0 saturated carbocycles. The highest BCUT2D eigenvalue weighted by molar-refractivity contribution is 5.84. The van der Waals surface area contributed by atoms with E-state index in [1.165, 1.54) is 6.21 Å². The van der Waals surface area contributed by atoms with E-state index in [1.54, 1.807) is 0 Å². The highest BCUT2D eigenvalue weighted by Gasteiger charge is 2.04. The van der Waals surface area contributed by atoms with Crippen LogP contribution < -0.4 is 15.9 Å². The van der Waals surface area contributed by atoms with E-state index in [-0.39, 0.29) is 6.10 Å². The highest BCUT2D eigenvalue weighted by Crippen LogP contribution is 2.18. The van der Waals surface area contributed by atoms with Crippen molar-refractivity contribution < 1.29 is 9.53 Å². The first-order valence-corrected chi connectivity index (χ1v) is 5.47. The molecule has 5 nitrogen and oxygen atoms in total. The normalized spacial score (nSPS) is 12.4. The van der Waals surface area contributed by atoms with Crippen LogP contribution in [0.3, 0.4) is 0 Å². The Morgan fingerprint density at radius 2 is 2.29 bits per heavy atom. The van der Waals surface area contributed by atoms with Gasteiger partial charge in [0.15, 0.2) is 0 Å². The molecule has 0 aliphatic heterocycles. The summed E-state index contributed by atoms with van der Waals surface area (Å²) in [6.45, 7) is 4.05. The van der Waals surface area contributed by atoms with E-state index in [0.717, 1.165) is 17.7 Å². The van der Waals surface area contributed by atoms with Crippen LogP contribution in [0.25, 0.3) is 0 Å². The molecule has 1 rings (SSSR count). The van der Waals surface area contributed by atoms with E-state index < -0.39 is 6.03 Å². The van der Waals surface area contributed by atoms with Crippen molar-refractivity contribution in [3.05, 3.63) is 29.8 Å². The number of rotatable bonds is 5. The summed E-state index contributed by atoms with van der Waals surface area (Å²) < 4.78 is 5.72. The number of carbonyl (C=O) groups is 1. The molecule has 0 aliphatic rings. The second-order valence-corrected chi connectivity index (χ2v) is 3.61. The van der Waals surface area contributed by atoms with Gasteiger partial charge in [-0.25, -0.2) is 10.2 Å². The number of nitrogens with one attached hydrogen (secondary N) is 1. The maximum Gasteiger partial charge on any atom is 0.332 e. The number of primary amides is 1. The Morgan fingerprint density at radius 1 is 1.59 bits per heavy atom. The fraction of sp³-hybridized carbons (Fsp3) is 0.333. The van der Waals surface area contributed by atoms with E-state index >= 15 is 0 Å². The molecule has 0 unspecified atom stereocenters. The van der Waals surface area contributed by atoms with Crippen molar-refractivity contribution in [2.75, 3.05) is 0 Å². The second kappa shape index (κ2) is 6.52. The van der Waals surface area contributed by atoms with Gasteiger partial charge >= 0.3 is 6.03 Å². The minimum atomic E-state index is -0.693. The van der Waals surface area contributed by atoms with Crippen LogP contribution in [0.1, 0.15) is 25.8 Å². The molecular formula is C12H17N3O2. The van der Waals surface area contributed by atoms with Crippen LogP contribution in [-0.2, 0) is 0 Å². The van der Waals surface area contributed by atoms with E-state index in [9.17, 15) is 4.79 Å². The van der Waals surface area contributed by atoms with E-state index in [0.29, 0.717) is 0 Å². The van der Waals surface area contributed by atoms with Crippen molar-refractivity contribution >= 4 is 12.2 Å². The molecule has 0 aromatic heterocycles. The molecular weight excluding hydrogens is 218 g/mol. The lowest BCUT2D eigenvalue weighted by Gasteiger charge is -2.14. The largest absolute Gasteiger partial charge is 0.490 e. The molecule has 0 bridgehead atoms. The molecule has 1 atom stereocenters. The Bertz CT molecular complexity index is 404. The number of nitrogens with two attached hydrogens (primary N) is 1. The first kappa shape index (κ1) is 13.0. The SMILES string of the molecule is CC[C@H](C)Oc1ccccc1/C=N/NC(N)=O. The summed E-state index contributed by atoms with van der Waals surface area (Å²) in [6, 6.07) is 6.77. The quantitative estimate of drug-likeness (QED) is 0.603. The molecule has 3 N–H and O–H groups in total. The molecule has 5 heteroatoms. The van der Waals surface area contributed by atoms with Gasteiger partial charge in [-0.2, -0.15) is 5.10 Å². The molecule has 0 fully saturated rings. The van der Waals surface area contributed by atoms with Gasteiger partial charge in [-0.05, 0) is 25.5 Å². The number of benzene rings is 1. The van der Waals surface area contributed by atoms with Crippen molar-refractivity contribution in [1.82, 2.24) is 5.43 Å². The monoisotopic (exact) mass is 235 g/mol. The molecule has 0 saturated heterocycles. The zero-order chi connectivity index (χ0) is 12.7. The molecule has 1 aromatic rings. The van der Waals surface area contributed by atoms with Crippen molar-refractivity contribution in [1.29, 1.82) is 0 Å². The predicted molar refractivity (Wildman–Crippen MR) is 67.1 cm³/mol. The lowest BCUT2D eigenvalue weighted by atomic mass is 10.2. The van der Waals surface area contributed by atoms with Crippen LogP contribution in [0.4, 0.5) is 4.79 Å². The van der Waals surface area contributed by atoms with Gasteiger partial charge < -0.3 is 10.5 Å². The summed E-state index contributed by atoms with van der Waals surface area (Å²) in [6.07, 6.45) is 2.56. The number of amides is 2. The number of ether oxygens (including phenoxy) is 1. The highest BCUT2D eigenvalue weighted by atomic mass is 16.5. The number of para-hydroxylation sites is 1. The molecule has 0 radical (unpaired) electrons.